The Labute approximate surface area is 51.7 Å². The van der Waals surface area contributed by atoms with Gasteiger partial charge in [-0.05, 0) is 36.8 Å². The lowest BCUT2D eigenvalue weighted by Crippen LogP contribution is -1.73. The normalized spacial score (nSPS) is 10.2. The smallest absolute Gasteiger partial charge is 0.0224 e. The first-order valence-electron chi connectivity index (χ1n) is 2.52. The van der Waals surface area contributed by atoms with E-state index in [0.29, 0.717) is 0 Å². The van der Waals surface area contributed by atoms with Crippen LogP contribution in [0.4, 0.5) is 0 Å². The molecule has 0 saturated carbocycles. The van der Waals surface area contributed by atoms with Gasteiger partial charge in [-0.2, -0.15) is 0 Å². The minimum absolute atomic E-state index is 1.14. The van der Waals surface area contributed by atoms with E-state index in [9.17, 15) is 0 Å². The maximum atomic E-state index is 3.02. The summed E-state index contributed by atoms with van der Waals surface area (Å²) in [7, 11) is 1.14. The van der Waals surface area contributed by atoms with Crippen molar-refractivity contribution in [2.75, 3.05) is 0 Å². The molecule has 1 heteroatoms. The molecule has 0 unspecified atom stereocenters. The van der Waals surface area contributed by atoms with Gasteiger partial charge in [-0.25, -0.2) is 0 Å². The SMILES string of the molecule is Cc1[c][c]pcc1C. The van der Waals surface area contributed by atoms with Gasteiger partial charge in [0.15, 0.2) is 0 Å². The van der Waals surface area contributed by atoms with Crippen LogP contribution >= 0.6 is 8.19 Å². The molecular formula is C7H7P. The maximum Gasteiger partial charge on any atom is 0.0224 e. The van der Waals surface area contributed by atoms with Crippen LogP contribution in [-0.4, -0.2) is 0 Å². The van der Waals surface area contributed by atoms with Crippen LogP contribution in [0.25, 0.3) is 0 Å². The van der Waals surface area contributed by atoms with Gasteiger partial charge < -0.3 is 0 Å². The Hall–Kier alpha value is -0.350. The molecule has 1 aromatic rings. The minimum atomic E-state index is 1.14. The molecule has 0 aliphatic carbocycles. The largest absolute Gasteiger partial charge is 0.0665 e. The fraction of sp³-hybridized carbons (Fsp3) is 0.286. The molecule has 0 spiro atoms. The molecule has 0 fully saturated rings. The molecular weight excluding hydrogens is 115 g/mol. The summed E-state index contributed by atoms with van der Waals surface area (Å²) in [6.45, 7) is 4.14. The van der Waals surface area contributed by atoms with Crippen LogP contribution in [0.1, 0.15) is 11.1 Å². The summed E-state index contributed by atoms with van der Waals surface area (Å²) in [6, 6.07) is 3.02. The van der Waals surface area contributed by atoms with Crippen molar-refractivity contribution in [1.29, 1.82) is 0 Å². The van der Waals surface area contributed by atoms with E-state index in [1.807, 2.05) is 6.92 Å². The third-order valence-electron chi connectivity index (χ3n) is 1.16. The van der Waals surface area contributed by atoms with Gasteiger partial charge in [-0.15, -0.1) is 0 Å². The second kappa shape index (κ2) is 2.28. The van der Waals surface area contributed by atoms with Gasteiger partial charge in [0.05, 0.1) is 0 Å². The predicted molar refractivity (Wildman–Crippen MR) is 36.1 cm³/mol. The molecule has 8 heavy (non-hydrogen) atoms. The number of hydrogen-bond donors (Lipinski definition) is 0. The molecule has 0 aromatic carbocycles. The van der Waals surface area contributed by atoms with Crippen molar-refractivity contribution in [3.63, 3.8) is 0 Å². The van der Waals surface area contributed by atoms with Crippen LogP contribution in [0.3, 0.4) is 0 Å². The molecule has 0 nitrogen and oxygen atoms in total. The Morgan fingerprint density at radius 3 is 2.62 bits per heavy atom. The maximum absolute atomic E-state index is 3.02. The van der Waals surface area contributed by atoms with E-state index in [-0.39, 0.29) is 0 Å². The topological polar surface area (TPSA) is 0 Å². The van der Waals surface area contributed by atoms with E-state index in [1.54, 1.807) is 0 Å². The monoisotopic (exact) mass is 122 g/mol. The van der Waals surface area contributed by atoms with Crippen molar-refractivity contribution >= 4 is 8.19 Å². The van der Waals surface area contributed by atoms with Crippen LogP contribution in [0.15, 0.2) is 5.80 Å². The molecule has 0 amide bonds. The van der Waals surface area contributed by atoms with Crippen LogP contribution in [-0.2, 0) is 0 Å². The summed E-state index contributed by atoms with van der Waals surface area (Å²) in [5.74, 6) is 5.10. The summed E-state index contributed by atoms with van der Waals surface area (Å²) in [5, 5.41) is 0. The Morgan fingerprint density at radius 2 is 2.25 bits per heavy atom. The fourth-order valence-electron chi connectivity index (χ4n) is 0.441. The standard InChI is InChI=1S/C7H7P/c1-6-3-4-8-5-7(6)2/h5H,1-2H3. The van der Waals surface area contributed by atoms with E-state index in [0.717, 1.165) is 8.19 Å². The number of aryl methyl sites for hydroxylation is 2. The van der Waals surface area contributed by atoms with E-state index < -0.39 is 0 Å². The molecule has 1 aromatic heterocycles. The average Bonchev–Trinajstić information content (AvgIpc) is 1.77. The molecule has 0 N–H and O–H groups in total. The predicted octanol–water partition coefficient (Wildman–Crippen LogP) is 2.48. The summed E-state index contributed by atoms with van der Waals surface area (Å²) in [6.07, 6.45) is 0. The first kappa shape index (κ1) is 5.78. The van der Waals surface area contributed by atoms with Crippen molar-refractivity contribution in [3.05, 3.63) is 28.8 Å². The van der Waals surface area contributed by atoms with E-state index in [1.165, 1.54) is 11.1 Å². The van der Waals surface area contributed by atoms with Gasteiger partial charge in [0.25, 0.3) is 0 Å². The van der Waals surface area contributed by atoms with Crippen LogP contribution in [0, 0.1) is 25.7 Å². The molecule has 1 rings (SSSR count). The van der Waals surface area contributed by atoms with Gasteiger partial charge in [0.2, 0.25) is 0 Å². The molecule has 2 radical (unpaired) electrons. The van der Waals surface area contributed by atoms with Crippen LogP contribution < -0.4 is 0 Å². The quantitative estimate of drug-likeness (QED) is 0.496. The first-order valence-corrected chi connectivity index (χ1v) is 3.48. The second-order valence-corrected chi connectivity index (χ2v) is 2.54. The highest BCUT2D eigenvalue weighted by molar-refractivity contribution is 7.27. The molecule has 0 aliphatic rings. The highest BCUT2D eigenvalue weighted by atomic mass is 31.0. The molecule has 0 bridgehead atoms. The molecule has 0 saturated heterocycles. The zero-order chi connectivity index (χ0) is 5.98. The van der Waals surface area contributed by atoms with Crippen molar-refractivity contribution in [1.82, 2.24) is 0 Å². The van der Waals surface area contributed by atoms with Gasteiger partial charge in [-0.3, -0.25) is 0 Å². The van der Waals surface area contributed by atoms with Gasteiger partial charge in [-0.1, -0.05) is 8.19 Å². The summed E-state index contributed by atoms with van der Waals surface area (Å²) in [4.78, 5) is 0. The lowest BCUT2D eigenvalue weighted by atomic mass is 10.2. The highest BCUT2D eigenvalue weighted by Crippen LogP contribution is 2.09. The molecule has 40 valence electrons. The van der Waals surface area contributed by atoms with Gasteiger partial charge >= 0.3 is 0 Å². The summed E-state index contributed by atoms with van der Waals surface area (Å²) < 4.78 is 0. The Balaban J connectivity index is 3.13. The molecule has 0 aliphatic heterocycles. The zero-order valence-corrected chi connectivity index (χ0v) is 5.92. The Morgan fingerprint density at radius 1 is 1.50 bits per heavy atom. The fourth-order valence-corrected chi connectivity index (χ4v) is 1.12. The van der Waals surface area contributed by atoms with Crippen molar-refractivity contribution in [2.24, 2.45) is 0 Å². The second-order valence-electron chi connectivity index (χ2n) is 1.80. The first-order chi connectivity index (χ1) is 3.80. The Kier molecular flexibility index (Phi) is 1.65. The van der Waals surface area contributed by atoms with E-state index in [2.05, 4.69) is 24.6 Å². The van der Waals surface area contributed by atoms with Crippen LogP contribution in [0.2, 0.25) is 0 Å². The molecule has 0 atom stereocenters. The number of hydrogen-bond acceptors (Lipinski definition) is 0. The minimum Gasteiger partial charge on any atom is -0.0665 e. The molecule has 1 heterocycles. The zero-order valence-electron chi connectivity index (χ0n) is 5.02. The van der Waals surface area contributed by atoms with Gasteiger partial charge in [0, 0.05) is 5.80 Å². The lowest BCUT2D eigenvalue weighted by molar-refractivity contribution is 1.37. The Bertz CT molecular complexity index is 160. The van der Waals surface area contributed by atoms with Crippen LogP contribution in [0.5, 0.6) is 0 Å². The third kappa shape index (κ3) is 1.08. The van der Waals surface area contributed by atoms with Crippen molar-refractivity contribution in [2.45, 2.75) is 13.8 Å². The lowest BCUT2D eigenvalue weighted by Gasteiger charge is -1.91. The number of rotatable bonds is 0. The van der Waals surface area contributed by atoms with E-state index in [4.69, 9.17) is 0 Å². The van der Waals surface area contributed by atoms with Crippen molar-refractivity contribution < 1.29 is 0 Å². The summed E-state index contributed by atoms with van der Waals surface area (Å²) in [5.41, 5.74) is 2.54. The van der Waals surface area contributed by atoms with Crippen molar-refractivity contribution in [3.8, 4) is 0 Å². The third-order valence-corrected chi connectivity index (χ3v) is 1.91. The van der Waals surface area contributed by atoms with E-state index >= 15 is 0 Å². The van der Waals surface area contributed by atoms with Gasteiger partial charge in [0.1, 0.15) is 0 Å². The summed E-state index contributed by atoms with van der Waals surface area (Å²) >= 11 is 0. The average molecular weight is 122 g/mol. The highest BCUT2D eigenvalue weighted by Gasteiger charge is 1.85.